The normalized spacial score (nSPS) is 10.2. The van der Waals surface area contributed by atoms with E-state index in [0.717, 1.165) is 45.3 Å². The quantitative estimate of drug-likeness (QED) is 0.566. The van der Waals surface area contributed by atoms with Crippen molar-refractivity contribution >= 4 is 6.47 Å². The summed E-state index contributed by atoms with van der Waals surface area (Å²) in [7, 11) is 0. The summed E-state index contributed by atoms with van der Waals surface area (Å²) in [5.74, 6) is 0. The average molecular weight is 249 g/mol. The predicted octanol–water partition coefficient (Wildman–Crippen LogP) is 2.89. The summed E-state index contributed by atoms with van der Waals surface area (Å²) in [4.78, 5) is 9.76. The summed E-state index contributed by atoms with van der Waals surface area (Å²) in [6.07, 6.45) is 5.15. The highest BCUT2D eigenvalue weighted by Crippen LogP contribution is 2.02. The van der Waals surface area contributed by atoms with Crippen LogP contribution in [0.4, 0.5) is 0 Å². The number of hydrogen-bond acceptors (Lipinski definition) is 3. The van der Waals surface area contributed by atoms with E-state index in [1.807, 2.05) is 18.2 Å². The van der Waals surface area contributed by atoms with E-state index in [-0.39, 0.29) is 0 Å². The van der Waals surface area contributed by atoms with Crippen molar-refractivity contribution in [2.75, 3.05) is 19.8 Å². The van der Waals surface area contributed by atoms with E-state index in [1.54, 1.807) is 0 Å². The van der Waals surface area contributed by atoms with E-state index in [9.17, 15) is 4.79 Å². The van der Waals surface area contributed by atoms with E-state index in [1.165, 1.54) is 12.0 Å². The second-order valence-corrected chi connectivity index (χ2v) is 4.19. The molecule has 18 heavy (non-hydrogen) atoms. The van der Waals surface area contributed by atoms with Gasteiger partial charge in [-0.15, -0.1) is 0 Å². The largest absolute Gasteiger partial charge is 0.457 e. The zero-order valence-electron chi connectivity index (χ0n) is 10.8. The molecule has 3 nitrogen and oxygen atoms in total. The van der Waals surface area contributed by atoms with Crippen molar-refractivity contribution in [1.82, 2.24) is 0 Å². The van der Waals surface area contributed by atoms with Gasteiger partial charge in [-0.2, -0.15) is 0 Å². The Morgan fingerprint density at radius 2 is 1.61 bits per heavy atom. The highest BCUT2D eigenvalue weighted by atomic mass is 16.5. The summed E-state index contributed by atoms with van der Waals surface area (Å²) >= 11 is 0. The maximum absolute atomic E-state index is 9.76. The molecule has 0 aliphatic carbocycles. The Hall–Kier alpha value is -1.35. The third kappa shape index (κ3) is 7.85. The molecule has 1 radical (unpaired) electrons. The van der Waals surface area contributed by atoms with Gasteiger partial charge in [0.25, 0.3) is 0 Å². The van der Waals surface area contributed by atoms with Crippen molar-refractivity contribution in [3.05, 3.63) is 35.9 Å². The molecule has 0 saturated carbocycles. The van der Waals surface area contributed by atoms with Crippen molar-refractivity contribution in [1.29, 1.82) is 0 Å². The summed E-state index contributed by atoms with van der Waals surface area (Å²) in [5, 5.41) is 0. The van der Waals surface area contributed by atoms with Crippen LogP contribution in [0.15, 0.2) is 30.3 Å². The van der Waals surface area contributed by atoms with Gasteiger partial charge in [0.2, 0.25) is 0 Å². The Morgan fingerprint density at radius 1 is 0.889 bits per heavy atom. The highest BCUT2D eigenvalue weighted by Gasteiger charge is 1.94. The van der Waals surface area contributed by atoms with E-state index in [4.69, 9.17) is 4.74 Å². The fraction of sp³-hybridized carbons (Fsp3) is 0.533. The van der Waals surface area contributed by atoms with Gasteiger partial charge in [-0.3, -0.25) is 0 Å². The average Bonchev–Trinajstić information content (AvgIpc) is 2.42. The van der Waals surface area contributed by atoms with Gasteiger partial charge in [-0.25, -0.2) is 4.79 Å². The van der Waals surface area contributed by atoms with Crippen molar-refractivity contribution in [2.24, 2.45) is 0 Å². The summed E-state index contributed by atoms with van der Waals surface area (Å²) in [6, 6.07) is 10.4. The molecule has 3 heteroatoms. The molecule has 0 N–H and O–H groups in total. The number of hydrogen-bond donors (Lipinski definition) is 0. The molecule has 0 atom stereocenters. The number of ether oxygens (including phenoxy) is 2. The van der Waals surface area contributed by atoms with Crippen molar-refractivity contribution < 1.29 is 14.3 Å². The van der Waals surface area contributed by atoms with Gasteiger partial charge in [0.15, 0.2) is 0 Å². The molecule has 0 aliphatic heterocycles. The molecule has 99 valence electrons. The van der Waals surface area contributed by atoms with Crippen LogP contribution in [-0.2, 0) is 20.7 Å². The molecule has 1 aromatic carbocycles. The number of rotatable bonds is 11. The van der Waals surface area contributed by atoms with Gasteiger partial charge >= 0.3 is 6.47 Å². The molecule has 1 aromatic rings. The van der Waals surface area contributed by atoms with Gasteiger partial charge in [-0.1, -0.05) is 36.8 Å². The molecule has 0 aromatic heterocycles. The number of unbranched alkanes of at least 4 members (excludes halogenated alkanes) is 3. The highest BCUT2D eigenvalue weighted by molar-refractivity contribution is 5.37. The lowest BCUT2D eigenvalue weighted by Gasteiger charge is -2.04. The molecule has 0 saturated heterocycles. The maximum Gasteiger partial charge on any atom is 0.417 e. The Labute approximate surface area is 109 Å². The van der Waals surface area contributed by atoms with Crippen LogP contribution in [0.2, 0.25) is 0 Å². The molecule has 0 spiro atoms. The maximum atomic E-state index is 9.76. The molecule has 0 fully saturated rings. The Morgan fingerprint density at radius 3 is 2.33 bits per heavy atom. The van der Waals surface area contributed by atoms with Gasteiger partial charge < -0.3 is 9.47 Å². The van der Waals surface area contributed by atoms with E-state index in [0.29, 0.717) is 6.61 Å². The lowest BCUT2D eigenvalue weighted by Crippen LogP contribution is -2.00. The molecule has 0 amide bonds. The van der Waals surface area contributed by atoms with Crippen molar-refractivity contribution in [3.8, 4) is 0 Å². The topological polar surface area (TPSA) is 35.5 Å². The molecule has 0 heterocycles. The van der Waals surface area contributed by atoms with Crippen LogP contribution in [0.25, 0.3) is 0 Å². The summed E-state index contributed by atoms with van der Waals surface area (Å²) in [5.41, 5.74) is 1.32. The van der Waals surface area contributed by atoms with Crippen LogP contribution in [-0.4, -0.2) is 26.3 Å². The van der Waals surface area contributed by atoms with E-state index >= 15 is 0 Å². The van der Waals surface area contributed by atoms with Crippen LogP contribution in [0.1, 0.15) is 31.2 Å². The first-order chi connectivity index (χ1) is 8.93. The van der Waals surface area contributed by atoms with E-state index < -0.39 is 0 Å². The van der Waals surface area contributed by atoms with Crippen molar-refractivity contribution in [2.45, 2.75) is 32.1 Å². The molecular weight excluding hydrogens is 228 g/mol. The minimum Gasteiger partial charge on any atom is -0.457 e. The van der Waals surface area contributed by atoms with Crippen LogP contribution < -0.4 is 0 Å². The zero-order valence-corrected chi connectivity index (χ0v) is 10.8. The Balaban J connectivity index is 1.83. The molecule has 0 aliphatic rings. The predicted molar refractivity (Wildman–Crippen MR) is 71.1 cm³/mol. The monoisotopic (exact) mass is 249 g/mol. The minimum absolute atomic E-state index is 0.484. The van der Waals surface area contributed by atoms with Gasteiger partial charge in [0.05, 0.1) is 13.2 Å². The SMILES string of the molecule is O=[C]OCCCCCCOCCc1ccccc1. The first kappa shape index (κ1) is 14.7. The number of benzene rings is 1. The summed E-state index contributed by atoms with van der Waals surface area (Å²) < 4.78 is 10.1. The smallest absolute Gasteiger partial charge is 0.417 e. The lowest BCUT2D eigenvalue weighted by atomic mass is 10.2. The first-order valence-electron chi connectivity index (χ1n) is 6.54. The molecule has 0 unspecified atom stereocenters. The van der Waals surface area contributed by atoms with Crippen LogP contribution in [0, 0.1) is 0 Å². The Kier molecular flexibility index (Phi) is 8.81. The Bertz CT molecular complexity index is 298. The van der Waals surface area contributed by atoms with Crippen LogP contribution in [0.3, 0.4) is 0 Å². The van der Waals surface area contributed by atoms with Crippen LogP contribution >= 0.6 is 0 Å². The lowest BCUT2D eigenvalue weighted by molar-refractivity contribution is 0.132. The number of carbonyl (C=O) groups excluding carboxylic acids is 1. The minimum atomic E-state index is 0.484. The van der Waals surface area contributed by atoms with Crippen molar-refractivity contribution in [3.63, 3.8) is 0 Å². The molecule has 0 bridgehead atoms. The van der Waals surface area contributed by atoms with Crippen LogP contribution in [0.5, 0.6) is 0 Å². The zero-order chi connectivity index (χ0) is 12.9. The van der Waals surface area contributed by atoms with Gasteiger partial charge in [0, 0.05) is 6.61 Å². The molecule has 1 rings (SSSR count). The van der Waals surface area contributed by atoms with Gasteiger partial charge in [0.1, 0.15) is 0 Å². The first-order valence-corrected chi connectivity index (χ1v) is 6.54. The van der Waals surface area contributed by atoms with Gasteiger partial charge in [-0.05, 0) is 31.2 Å². The van der Waals surface area contributed by atoms with E-state index in [2.05, 4.69) is 16.9 Å². The summed E-state index contributed by atoms with van der Waals surface area (Å²) in [6.45, 7) is 3.51. The third-order valence-electron chi connectivity index (χ3n) is 2.72. The molecular formula is C15H21O3. The fourth-order valence-electron chi connectivity index (χ4n) is 1.71. The second kappa shape index (κ2) is 10.8. The fourth-order valence-corrected chi connectivity index (χ4v) is 1.71. The third-order valence-corrected chi connectivity index (χ3v) is 2.72. The second-order valence-electron chi connectivity index (χ2n) is 4.19. The standard InChI is InChI=1S/C15H21O3/c16-14-18-12-7-2-1-6-11-17-13-10-15-8-4-3-5-9-15/h3-5,8-9H,1-2,6-7,10-13H2.